The Morgan fingerprint density at radius 2 is 0.783 bits per heavy atom. The van der Waals surface area contributed by atoms with Crippen LogP contribution in [-0.4, -0.2) is 9.97 Å². The molecule has 210 valence electrons. The highest BCUT2D eigenvalue weighted by Crippen LogP contribution is 2.52. The molecule has 0 spiro atoms. The van der Waals surface area contributed by atoms with Gasteiger partial charge in [-0.3, -0.25) is 9.97 Å². The van der Waals surface area contributed by atoms with Gasteiger partial charge in [-0.05, 0) is 118 Å². The summed E-state index contributed by atoms with van der Waals surface area (Å²) in [6.07, 6.45) is 3.83. The molecule has 0 radical (unpaired) electrons. The second-order valence-electron chi connectivity index (χ2n) is 12.5. The molecule has 0 unspecified atom stereocenters. The van der Waals surface area contributed by atoms with Gasteiger partial charge in [-0.25, -0.2) is 0 Å². The molecule has 2 heteroatoms. The average Bonchev–Trinajstić information content (AvgIpc) is 3.61. The highest BCUT2D eigenvalue weighted by atomic mass is 14.7. The van der Waals surface area contributed by atoms with Crippen LogP contribution in [0.15, 0.2) is 146 Å². The van der Waals surface area contributed by atoms with Crippen LogP contribution in [0.3, 0.4) is 0 Å². The van der Waals surface area contributed by atoms with Gasteiger partial charge < -0.3 is 0 Å². The Hall–Kier alpha value is -6.12. The van der Waals surface area contributed by atoms with E-state index in [2.05, 4.69) is 121 Å². The molecule has 2 heterocycles. The fraction of sp³-hybridized carbons (Fsp3) is 0. The van der Waals surface area contributed by atoms with Gasteiger partial charge in [-0.15, -0.1) is 0 Å². The molecule has 0 saturated heterocycles. The molecule has 2 nitrogen and oxygen atoms in total. The van der Waals surface area contributed by atoms with Crippen molar-refractivity contribution in [1.29, 1.82) is 0 Å². The minimum Gasteiger partial charge on any atom is -0.256 e. The van der Waals surface area contributed by atoms with Crippen molar-refractivity contribution in [3.63, 3.8) is 0 Å². The predicted octanol–water partition coefficient (Wildman–Crippen LogP) is 11.9. The van der Waals surface area contributed by atoms with Crippen LogP contribution in [0.25, 0.3) is 109 Å². The Labute approximate surface area is 263 Å². The molecular formula is C44H24N2. The number of benzene rings is 7. The summed E-state index contributed by atoms with van der Waals surface area (Å²) in [4.78, 5) is 10.0. The molecule has 0 aliphatic rings. The van der Waals surface area contributed by atoms with E-state index in [4.69, 9.17) is 9.97 Å². The smallest absolute Gasteiger partial charge is 0.0714 e. The number of aromatic nitrogens is 2. The molecule has 0 saturated carbocycles. The zero-order valence-electron chi connectivity index (χ0n) is 24.8. The highest BCUT2D eigenvalue weighted by Gasteiger charge is 2.25. The summed E-state index contributed by atoms with van der Waals surface area (Å²) in [5, 5.41) is 20.4. The van der Waals surface area contributed by atoms with E-state index in [1.807, 2.05) is 24.5 Å². The summed E-state index contributed by atoms with van der Waals surface area (Å²) in [6, 6.07) is 48.8. The van der Waals surface area contributed by atoms with Crippen molar-refractivity contribution >= 4 is 86.2 Å². The maximum Gasteiger partial charge on any atom is 0.0714 e. The summed E-state index contributed by atoms with van der Waals surface area (Å²) in [6.45, 7) is 0. The van der Waals surface area contributed by atoms with Crippen LogP contribution in [0, 0.1) is 0 Å². The van der Waals surface area contributed by atoms with Crippen LogP contribution in [0.4, 0.5) is 0 Å². The summed E-state index contributed by atoms with van der Waals surface area (Å²) in [5.41, 5.74) is 4.34. The first kappa shape index (κ1) is 24.2. The number of rotatable bonds is 2. The van der Waals surface area contributed by atoms with Crippen molar-refractivity contribution in [1.82, 2.24) is 9.97 Å². The van der Waals surface area contributed by atoms with Gasteiger partial charge in [0.05, 0.1) is 11.4 Å². The van der Waals surface area contributed by atoms with Crippen molar-refractivity contribution < 1.29 is 0 Å². The first-order valence-electron chi connectivity index (χ1n) is 15.8. The summed E-state index contributed by atoms with van der Waals surface area (Å²) in [7, 11) is 0. The number of fused-ring (bicyclic) bond motifs is 9. The lowest BCUT2D eigenvalue weighted by atomic mass is 9.88. The van der Waals surface area contributed by atoms with Crippen LogP contribution in [0.5, 0.6) is 0 Å². The van der Waals surface area contributed by atoms with E-state index in [0.29, 0.717) is 0 Å². The van der Waals surface area contributed by atoms with E-state index in [1.54, 1.807) is 0 Å². The Kier molecular flexibility index (Phi) is 4.61. The quantitative estimate of drug-likeness (QED) is 0.190. The van der Waals surface area contributed by atoms with E-state index >= 15 is 0 Å². The third-order valence-electron chi connectivity index (χ3n) is 10.2. The lowest BCUT2D eigenvalue weighted by Gasteiger charge is -2.16. The molecule has 0 atom stereocenters. The fourth-order valence-electron chi connectivity index (χ4n) is 8.43. The van der Waals surface area contributed by atoms with E-state index < -0.39 is 0 Å². The summed E-state index contributed by atoms with van der Waals surface area (Å²) >= 11 is 0. The van der Waals surface area contributed by atoms with Gasteiger partial charge in [0.25, 0.3) is 0 Å². The molecular weight excluding hydrogens is 556 g/mol. The third kappa shape index (κ3) is 3.01. The summed E-state index contributed by atoms with van der Waals surface area (Å²) < 4.78 is 0. The van der Waals surface area contributed by atoms with Crippen molar-refractivity contribution in [3.8, 4) is 22.5 Å². The second-order valence-corrected chi connectivity index (χ2v) is 12.5. The normalized spacial score (nSPS) is 12.3. The molecule has 11 rings (SSSR count). The van der Waals surface area contributed by atoms with Crippen LogP contribution < -0.4 is 0 Å². The van der Waals surface area contributed by atoms with Gasteiger partial charge in [0.15, 0.2) is 0 Å². The Morgan fingerprint density at radius 3 is 1.41 bits per heavy atom. The molecule has 0 aliphatic carbocycles. The molecule has 0 bridgehead atoms. The van der Waals surface area contributed by atoms with Gasteiger partial charge in [0.1, 0.15) is 0 Å². The SMILES string of the molecule is c1ccc(-c2c3cc4c(cc3c(-c3ccccn3)c3c5cccc6cccc(c23)c65)c2cc3ccccc3c3cccc4c32)nc1. The molecule has 9 aromatic carbocycles. The maximum atomic E-state index is 5.00. The predicted molar refractivity (Wildman–Crippen MR) is 195 cm³/mol. The molecule has 11 aromatic rings. The third-order valence-corrected chi connectivity index (χ3v) is 10.2. The van der Waals surface area contributed by atoms with E-state index in [0.717, 1.165) is 11.4 Å². The van der Waals surface area contributed by atoms with Crippen LogP contribution >= 0.6 is 0 Å². The van der Waals surface area contributed by atoms with E-state index in [-0.39, 0.29) is 0 Å². The molecule has 2 aromatic heterocycles. The Balaban J connectivity index is 1.47. The largest absolute Gasteiger partial charge is 0.256 e. The van der Waals surface area contributed by atoms with Gasteiger partial charge >= 0.3 is 0 Å². The van der Waals surface area contributed by atoms with Crippen molar-refractivity contribution in [2.24, 2.45) is 0 Å². The van der Waals surface area contributed by atoms with E-state index in [1.165, 1.54) is 97.3 Å². The number of nitrogens with zero attached hydrogens (tertiary/aromatic N) is 2. The molecule has 0 aliphatic heterocycles. The van der Waals surface area contributed by atoms with Gasteiger partial charge in [0, 0.05) is 34.3 Å². The topological polar surface area (TPSA) is 25.8 Å². The Morgan fingerprint density at radius 1 is 0.283 bits per heavy atom. The molecule has 0 amide bonds. The lowest BCUT2D eigenvalue weighted by Crippen LogP contribution is -1.92. The van der Waals surface area contributed by atoms with Crippen molar-refractivity contribution in [3.05, 3.63) is 146 Å². The standard InChI is InChI=1S/C44H24N2/c1-2-13-27-26(10-1)22-34-33-24-36-35(23-32(33)29-15-9-14-28(27)40(29)34)41(37-18-3-5-20-45-37)43-30-16-7-11-25-12-8-17-31(39(25)30)44(43)42(36)38-19-4-6-21-46-38/h1-24H. The van der Waals surface area contributed by atoms with Crippen LogP contribution in [0.2, 0.25) is 0 Å². The number of pyridine rings is 2. The zero-order chi connectivity index (χ0) is 29.9. The van der Waals surface area contributed by atoms with Crippen molar-refractivity contribution in [2.45, 2.75) is 0 Å². The van der Waals surface area contributed by atoms with Gasteiger partial charge in [-0.2, -0.15) is 0 Å². The first-order valence-corrected chi connectivity index (χ1v) is 15.8. The van der Waals surface area contributed by atoms with Crippen LogP contribution in [0.1, 0.15) is 0 Å². The maximum absolute atomic E-state index is 5.00. The monoisotopic (exact) mass is 580 g/mol. The van der Waals surface area contributed by atoms with Crippen LogP contribution in [-0.2, 0) is 0 Å². The van der Waals surface area contributed by atoms with Gasteiger partial charge in [0.2, 0.25) is 0 Å². The zero-order valence-corrected chi connectivity index (χ0v) is 24.8. The average molecular weight is 581 g/mol. The minimum absolute atomic E-state index is 0.986. The molecule has 0 fully saturated rings. The first-order chi connectivity index (χ1) is 22.8. The molecule has 0 N–H and O–H groups in total. The lowest BCUT2D eigenvalue weighted by molar-refractivity contribution is 1.33. The van der Waals surface area contributed by atoms with Crippen molar-refractivity contribution in [2.75, 3.05) is 0 Å². The minimum atomic E-state index is 0.986. The molecule has 46 heavy (non-hydrogen) atoms. The number of hydrogen-bond acceptors (Lipinski definition) is 2. The second kappa shape index (κ2) is 8.74. The van der Waals surface area contributed by atoms with Gasteiger partial charge in [-0.1, -0.05) is 91.0 Å². The fourth-order valence-corrected chi connectivity index (χ4v) is 8.43. The summed E-state index contributed by atoms with van der Waals surface area (Å²) in [5.74, 6) is 0. The Bertz CT molecular complexity index is 2990. The van der Waals surface area contributed by atoms with E-state index in [9.17, 15) is 0 Å². The highest BCUT2D eigenvalue weighted by molar-refractivity contribution is 6.42. The number of hydrogen-bond donors (Lipinski definition) is 0.